The fourth-order valence-electron chi connectivity index (χ4n) is 2.52. The number of hydrogen-bond acceptors (Lipinski definition) is 3. The first-order valence-electron chi connectivity index (χ1n) is 8.03. The third kappa shape index (κ3) is 4.52. The van der Waals surface area contributed by atoms with Gasteiger partial charge in [-0.15, -0.1) is 11.3 Å². The summed E-state index contributed by atoms with van der Waals surface area (Å²) in [6, 6.07) is 18.4. The molecule has 24 heavy (non-hydrogen) atoms. The van der Waals surface area contributed by atoms with Crippen molar-refractivity contribution in [3.63, 3.8) is 0 Å². The van der Waals surface area contributed by atoms with Crippen LogP contribution in [0.5, 0.6) is 0 Å². The van der Waals surface area contributed by atoms with Gasteiger partial charge in [0.25, 0.3) is 0 Å². The molecule has 3 aromatic rings. The number of benzene rings is 2. The Balaban J connectivity index is 1.52. The SMILES string of the molecule is Cc1cccc(-c2nc(CC(=O)NCCc3ccccc3)cs2)c1. The molecule has 1 amide bonds. The minimum absolute atomic E-state index is 0.0204. The highest BCUT2D eigenvalue weighted by molar-refractivity contribution is 7.13. The Morgan fingerprint density at radius 1 is 1.12 bits per heavy atom. The number of carbonyl (C=O) groups excluding carboxylic acids is 1. The van der Waals surface area contributed by atoms with Crippen molar-refractivity contribution in [3.8, 4) is 10.6 Å². The van der Waals surface area contributed by atoms with Gasteiger partial charge in [0.2, 0.25) is 5.91 Å². The first-order chi connectivity index (χ1) is 11.7. The predicted octanol–water partition coefficient (Wildman–Crippen LogP) is 4.02. The molecule has 3 rings (SSSR count). The van der Waals surface area contributed by atoms with Crippen LogP contribution >= 0.6 is 11.3 Å². The summed E-state index contributed by atoms with van der Waals surface area (Å²) in [5.74, 6) is 0.0204. The van der Waals surface area contributed by atoms with Gasteiger partial charge in [-0.3, -0.25) is 4.79 Å². The fourth-order valence-corrected chi connectivity index (χ4v) is 3.33. The highest BCUT2D eigenvalue weighted by Gasteiger charge is 2.09. The molecule has 0 aliphatic rings. The van der Waals surface area contributed by atoms with Crippen molar-refractivity contribution in [1.82, 2.24) is 10.3 Å². The Kier molecular flexibility index (Phi) is 5.39. The molecule has 0 radical (unpaired) electrons. The maximum Gasteiger partial charge on any atom is 0.226 e. The highest BCUT2D eigenvalue weighted by atomic mass is 32.1. The van der Waals surface area contributed by atoms with Crippen molar-refractivity contribution >= 4 is 17.2 Å². The standard InChI is InChI=1S/C20H20N2OS/c1-15-6-5-9-17(12-15)20-22-18(14-24-20)13-19(23)21-11-10-16-7-3-2-4-8-16/h2-9,12,14H,10-11,13H2,1H3,(H,21,23). The van der Waals surface area contributed by atoms with Crippen LogP contribution in [0.1, 0.15) is 16.8 Å². The van der Waals surface area contributed by atoms with E-state index in [0.29, 0.717) is 13.0 Å². The zero-order chi connectivity index (χ0) is 16.8. The Morgan fingerprint density at radius 3 is 2.75 bits per heavy atom. The molecule has 0 fully saturated rings. The van der Waals surface area contributed by atoms with Gasteiger partial charge in [0.15, 0.2) is 0 Å². The maximum absolute atomic E-state index is 12.1. The molecule has 4 heteroatoms. The molecule has 0 aliphatic carbocycles. The van der Waals surface area contributed by atoms with E-state index in [-0.39, 0.29) is 5.91 Å². The van der Waals surface area contributed by atoms with E-state index < -0.39 is 0 Å². The van der Waals surface area contributed by atoms with Gasteiger partial charge in [0.05, 0.1) is 12.1 Å². The summed E-state index contributed by atoms with van der Waals surface area (Å²) >= 11 is 1.58. The molecule has 1 aromatic heterocycles. The van der Waals surface area contributed by atoms with E-state index in [1.165, 1.54) is 11.1 Å². The van der Waals surface area contributed by atoms with Gasteiger partial charge < -0.3 is 5.32 Å². The van der Waals surface area contributed by atoms with Gasteiger partial charge in [0.1, 0.15) is 5.01 Å². The lowest BCUT2D eigenvalue weighted by molar-refractivity contribution is -0.120. The molecule has 0 spiro atoms. The van der Waals surface area contributed by atoms with Crippen LogP contribution < -0.4 is 5.32 Å². The Labute approximate surface area is 146 Å². The summed E-state index contributed by atoms with van der Waals surface area (Å²) in [6.45, 7) is 2.72. The van der Waals surface area contributed by atoms with Gasteiger partial charge in [-0.2, -0.15) is 0 Å². The molecular weight excluding hydrogens is 316 g/mol. The zero-order valence-electron chi connectivity index (χ0n) is 13.7. The second-order valence-corrected chi connectivity index (χ2v) is 6.63. The van der Waals surface area contributed by atoms with E-state index in [1.54, 1.807) is 11.3 Å². The molecule has 1 N–H and O–H groups in total. The number of hydrogen-bond donors (Lipinski definition) is 1. The molecule has 0 atom stereocenters. The number of nitrogens with one attached hydrogen (secondary N) is 1. The largest absolute Gasteiger partial charge is 0.355 e. The lowest BCUT2D eigenvalue weighted by Gasteiger charge is -2.04. The molecular formula is C20H20N2OS. The van der Waals surface area contributed by atoms with E-state index in [9.17, 15) is 4.79 Å². The smallest absolute Gasteiger partial charge is 0.226 e. The summed E-state index contributed by atoms with van der Waals surface area (Å²) in [4.78, 5) is 16.6. The third-order valence-electron chi connectivity index (χ3n) is 3.74. The Hall–Kier alpha value is -2.46. The molecule has 0 saturated heterocycles. The number of aryl methyl sites for hydroxylation is 1. The van der Waals surface area contributed by atoms with Crippen LogP contribution in [-0.2, 0) is 17.6 Å². The van der Waals surface area contributed by atoms with Gasteiger partial charge in [-0.25, -0.2) is 4.98 Å². The number of rotatable bonds is 6. The minimum atomic E-state index is 0.0204. The van der Waals surface area contributed by atoms with Crippen molar-refractivity contribution in [2.24, 2.45) is 0 Å². The van der Waals surface area contributed by atoms with Crippen molar-refractivity contribution in [3.05, 3.63) is 76.8 Å². The topological polar surface area (TPSA) is 42.0 Å². The average Bonchev–Trinajstić information content (AvgIpc) is 3.04. The molecule has 0 aliphatic heterocycles. The fraction of sp³-hybridized carbons (Fsp3) is 0.200. The van der Waals surface area contributed by atoms with Crippen molar-refractivity contribution in [1.29, 1.82) is 0 Å². The molecule has 3 nitrogen and oxygen atoms in total. The Morgan fingerprint density at radius 2 is 1.96 bits per heavy atom. The molecule has 2 aromatic carbocycles. The predicted molar refractivity (Wildman–Crippen MR) is 99.1 cm³/mol. The summed E-state index contributed by atoms with van der Waals surface area (Å²) in [5.41, 5.74) is 4.38. The quantitative estimate of drug-likeness (QED) is 0.739. The van der Waals surface area contributed by atoms with Gasteiger partial charge in [0, 0.05) is 17.5 Å². The highest BCUT2D eigenvalue weighted by Crippen LogP contribution is 2.24. The van der Waals surface area contributed by atoms with Crippen LogP contribution in [0.2, 0.25) is 0 Å². The zero-order valence-corrected chi connectivity index (χ0v) is 14.5. The molecule has 1 heterocycles. The van der Waals surface area contributed by atoms with E-state index >= 15 is 0 Å². The summed E-state index contributed by atoms with van der Waals surface area (Å²) in [6.07, 6.45) is 1.18. The van der Waals surface area contributed by atoms with E-state index in [2.05, 4.69) is 47.6 Å². The monoisotopic (exact) mass is 336 g/mol. The van der Waals surface area contributed by atoms with E-state index in [0.717, 1.165) is 22.7 Å². The van der Waals surface area contributed by atoms with Gasteiger partial charge in [-0.05, 0) is 25.0 Å². The van der Waals surface area contributed by atoms with Crippen molar-refractivity contribution in [2.45, 2.75) is 19.8 Å². The van der Waals surface area contributed by atoms with Gasteiger partial charge >= 0.3 is 0 Å². The normalized spacial score (nSPS) is 10.5. The summed E-state index contributed by atoms with van der Waals surface area (Å²) in [7, 11) is 0. The molecule has 0 saturated carbocycles. The number of nitrogens with zero attached hydrogens (tertiary/aromatic N) is 1. The second kappa shape index (κ2) is 7.88. The van der Waals surface area contributed by atoms with Crippen LogP contribution in [0.3, 0.4) is 0 Å². The molecule has 0 bridgehead atoms. The number of amides is 1. The summed E-state index contributed by atoms with van der Waals surface area (Å²) in [5, 5.41) is 5.89. The molecule has 0 unspecified atom stereocenters. The van der Waals surface area contributed by atoms with Crippen molar-refractivity contribution in [2.75, 3.05) is 6.54 Å². The van der Waals surface area contributed by atoms with Crippen LogP contribution in [0.25, 0.3) is 10.6 Å². The lowest BCUT2D eigenvalue weighted by atomic mass is 10.1. The first-order valence-corrected chi connectivity index (χ1v) is 8.91. The molecule has 122 valence electrons. The Bertz CT molecular complexity index is 811. The van der Waals surface area contributed by atoms with E-state index in [1.807, 2.05) is 29.6 Å². The number of aromatic nitrogens is 1. The number of carbonyl (C=O) groups is 1. The first kappa shape index (κ1) is 16.4. The average molecular weight is 336 g/mol. The number of thiazole rings is 1. The lowest BCUT2D eigenvalue weighted by Crippen LogP contribution is -2.27. The maximum atomic E-state index is 12.1. The van der Waals surface area contributed by atoms with Crippen LogP contribution in [-0.4, -0.2) is 17.4 Å². The van der Waals surface area contributed by atoms with Crippen LogP contribution in [0, 0.1) is 6.92 Å². The van der Waals surface area contributed by atoms with Crippen LogP contribution in [0.15, 0.2) is 60.0 Å². The summed E-state index contributed by atoms with van der Waals surface area (Å²) < 4.78 is 0. The second-order valence-electron chi connectivity index (χ2n) is 5.78. The van der Waals surface area contributed by atoms with E-state index in [4.69, 9.17) is 0 Å². The van der Waals surface area contributed by atoms with Gasteiger partial charge in [-0.1, -0.05) is 54.1 Å². The van der Waals surface area contributed by atoms with Crippen LogP contribution in [0.4, 0.5) is 0 Å². The van der Waals surface area contributed by atoms with Crippen molar-refractivity contribution < 1.29 is 4.79 Å². The third-order valence-corrected chi connectivity index (χ3v) is 4.68. The minimum Gasteiger partial charge on any atom is -0.355 e.